The molecular weight excluding hydrogens is 607 g/mol. The molecular formula is C47H33N3. The van der Waals surface area contributed by atoms with E-state index in [4.69, 9.17) is 9.97 Å². The number of hydrogen-bond donors (Lipinski definition) is 0. The molecule has 0 spiro atoms. The topological polar surface area (TPSA) is 30.7 Å². The molecule has 2 heterocycles. The van der Waals surface area contributed by atoms with Crippen molar-refractivity contribution in [2.45, 2.75) is 5.92 Å². The van der Waals surface area contributed by atoms with Gasteiger partial charge in [-0.2, -0.15) is 0 Å². The first-order valence-corrected chi connectivity index (χ1v) is 17.0. The van der Waals surface area contributed by atoms with Gasteiger partial charge in [0, 0.05) is 27.8 Å². The third-order valence-electron chi connectivity index (χ3n) is 9.57. The van der Waals surface area contributed by atoms with E-state index in [-0.39, 0.29) is 5.92 Å². The molecule has 3 heteroatoms. The third-order valence-corrected chi connectivity index (χ3v) is 9.57. The third kappa shape index (κ3) is 5.45. The summed E-state index contributed by atoms with van der Waals surface area (Å²) in [5.74, 6) is 0.817. The lowest BCUT2D eigenvalue weighted by Gasteiger charge is -2.16. The standard InChI is InChI=1S/C47H33N3/c1-4-15-34(16-5-1)40-25-14-22-33(27-28-35-17-10-11-23-39(35)40)38-29-30-46-42(31-38)41-24-12-13-26-45(41)50(46)47-48-43(36-18-6-2-7-19-36)32-44(49-47)37-20-8-3-9-21-37/h1-32,40H/b25-14?,28-27-,33-22?. The van der Waals surface area contributed by atoms with Crippen LogP contribution < -0.4 is 0 Å². The molecule has 1 aliphatic carbocycles. The molecule has 0 saturated heterocycles. The summed E-state index contributed by atoms with van der Waals surface area (Å²) in [6.45, 7) is 0. The highest BCUT2D eigenvalue weighted by Crippen LogP contribution is 2.36. The Morgan fingerprint density at radius 1 is 0.480 bits per heavy atom. The maximum atomic E-state index is 5.19. The first-order chi connectivity index (χ1) is 24.8. The lowest BCUT2D eigenvalue weighted by Crippen LogP contribution is -2.04. The number of para-hydroxylation sites is 1. The van der Waals surface area contributed by atoms with E-state index in [1.165, 1.54) is 16.7 Å². The zero-order valence-corrected chi connectivity index (χ0v) is 27.4. The molecule has 0 aliphatic heterocycles. The molecule has 236 valence electrons. The smallest absolute Gasteiger partial charge is 0.235 e. The average molecular weight is 640 g/mol. The fraction of sp³-hybridized carbons (Fsp3) is 0.0213. The minimum atomic E-state index is 0.167. The predicted molar refractivity (Wildman–Crippen MR) is 208 cm³/mol. The van der Waals surface area contributed by atoms with Crippen molar-refractivity contribution in [2.24, 2.45) is 0 Å². The number of fused-ring (bicyclic) bond motifs is 4. The molecule has 1 atom stereocenters. The van der Waals surface area contributed by atoms with E-state index in [0.717, 1.165) is 55.5 Å². The summed E-state index contributed by atoms with van der Waals surface area (Å²) in [4.78, 5) is 10.4. The van der Waals surface area contributed by atoms with Crippen LogP contribution in [0.1, 0.15) is 28.2 Å². The van der Waals surface area contributed by atoms with Gasteiger partial charge in [-0.05, 0) is 52.1 Å². The molecule has 50 heavy (non-hydrogen) atoms. The van der Waals surface area contributed by atoms with Gasteiger partial charge in [0.2, 0.25) is 5.95 Å². The van der Waals surface area contributed by atoms with Gasteiger partial charge in [0.05, 0.1) is 22.4 Å². The molecule has 1 unspecified atom stereocenters. The maximum Gasteiger partial charge on any atom is 0.235 e. The van der Waals surface area contributed by atoms with Crippen molar-refractivity contribution in [2.75, 3.05) is 0 Å². The quantitative estimate of drug-likeness (QED) is 0.188. The second-order valence-corrected chi connectivity index (χ2v) is 12.6. The minimum absolute atomic E-state index is 0.167. The highest BCUT2D eigenvalue weighted by molar-refractivity contribution is 6.10. The van der Waals surface area contributed by atoms with E-state index in [9.17, 15) is 0 Å². The maximum absolute atomic E-state index is 5.19. The fourth-order valence-corrected chi connectivity index (χ4v) is 7.11. The van der Waals surface area contributed by atoms with Crippen LogP contribution in [-0.2, 0) is 0 Å². The SMILES string of the molecule is C1=CC(c2ccccc2)c2ccccc2/C=C\C(c2ccc3c(c2)c2ccccc2n3-c2nc(-c3ccccc3)cc(-c3ccccc3)n2)=C1. The number of aromatic nitrogens is 3. The van der Waals surface area contributed by atoms with Crippen molar-refractivity contribution < 1.29 is 0 Å². The van der Waals surface area contributed by atoms with Gasteiger partial charge in [0.25, 0.3) is 0 Å². The van der Waals surface area contributed by atoms with E-state index in [0.29, 0.717) is 5.95 Å². The Hall–Kier alpha value is -6.58. The number of benzene rings is 6. The number of allylic oxidation sites excluding steroid dienone is 5. The molecule has 0 fully saturated rings. The Morgan fingerprint density at radius 2 is 1.10 bits per heavy atom. The summed E-state index contributed by atoms with van der Waals surface area (Å²) in [7, 11) is 0. The van der Waals surface area contributed by atoms with Gasteiger partial charge < -0.3 is 0 Å². The molecule has 0 bridgehead atoms. The predicted octanol–water partition coefficient (Wildman–Crippen LogP) is 11.7. The zero-order valence-electron chi connectivity index (χ0n) is 27.4. The highest BCUT2D eigenvalue weighted by atomic mass is 15.2. The monoisotopic (exact) mass is 639 g/mol. The van der Waals surface area contributed by atoms with Crippen LogP contribution in [0.15, 0.2) is 188 Å². The van der Waals surface area contributed by atoms with E-state index >= 15 is 0 Å². The van der Waals surface area contributed by atoms with E-state index in [1.54, 1.807) is 0 Å². The Labute approximate surface area is 291 Å². The lowest BCUT2D eigenvalue weighted by atomic mass is 9.88. The van der Waals surface area contributed by atoms with Crippen LogP contribution in [0.2, 0.25) is 0 Å². The van der Waals surface area contributed by atoms with E-state index in [2.05, 4.69) is 187 Å². The summed E-state index contributed by atoms with van der Waals surface area (Å²) in [5, 5.41) is 2.32. The van der Waals surface area contributed by atoms with E-state index in [1.807, 2.05) is 12.1 Å². The molecule has 9 rings (SSSR count). The van der Waals surface area contributed by atoms with Gasteiger partial charge in [0.1, 0.15) is 0 Å². The number of rotatable bonds is 5. The Kier molecular flexibility index (Phi) is 7.56. The molecule has 0 saturated carbocycles. The van der Waals surface area contributed by atoms with Crippen molar-refractivity contribution in [3.05, 3.63) is 210 Å². The van der Waals surface area contributed by atoms with Crippen LogP contribution in [0.4, 0.5) is 0 Å². The van der Waals surface area contributed by atoms with Crippen LogP contribution in [0.3, 0.4) is 0 Å². The summed E-state index contributed by atoms with van der Waals surface area (Å²) < 4.78 is 2.21. The molecule has 2 aromatic heterocycles. The first kappa shape index (κ1) is 29.6. The van der Waals surface area contributed by atoms with Gasteiger partial charge in [-0.1, -0.05) is 170 Å². The van der Waals surface area contributed by atoms with Crippen LogP contribution >= 0.6 is 0 Å². The van der Waals surface area contributed by atoms with Crippen LogP contribution in [0, 0.1) is 0 Å². The number of nitrogens with zero attached hydrogens (tertiary/aromatic N) is 3. The Bertz CT molecular complexity index is 2520. The second kappa shape index (κ2) is 12.8. The first-order valence-electron chi connectivity index (χ1n) is 17.0. The zero-order chi connectivity index (χ0) is 33.3. The molecule has 6 aromatic carbocycles. The average Bonchev–Trinajstić information content (AvgIpc) is 3.56. The van der Waals surface area contributed by atoms with Gasteiger partial charge in [-0.25, -0.2) is 9.97 Å². The summed E-state index contributed by atoms with van der Waals surface area (Å²) in [5.41, 5.74) is 12.1. The lowest BCUT2D eigenvalue weighted by molar-refractivity contribution is 0.995. The second-order valence-electron chi connectivity index (χ2n) is 12.6. The normalized spacial score (nSPS) is 14.8. The Balaban J connectivity index is 1.20. The summed E-state index contributed by atoms with van der Waals surface area (Å²) >= 11 is 0. The van der Waals surface area contributed by atoms with E-state index < -0.39 is 0 Å². The van der Waals surface area contributed by atoms with Crippen molar-refractivity contribution >= 4 is 33.5 Å². The highest BCUT2D eigenvalue weighted by Gasteiger charge is 2.18. The summed E-state index contributed by atoms with van der Waals surface area (Å²) in [6.07, 6.45) is 11.3. The van der Waals surface area contributed by atoms with Gasteiger partial charge in [0.15, 0.2) is 0 Å². The van der Waals surface area contributed by atoms with Crippen LogP contribution in [-0.4, -0.2) is 14.5 Å². The van der Waals surface area contributed by atoms with Crippen molar-refractivity contribution in [1.29, 1.82) is 0 Å². The van der Waals surface area contributed by atoms with Crippen LogP contribution in [0.25, 0.3) is 61.9 Å². The number of hydrogen-bond acceptors (Lipinski definition) is 2. The fourth-order valence-electron chi connectivity index (χ4n) is 7.11. The molecule has 8 aromatic rings. The van der Waals surface area contributed by atoms with Crippen molar-refractivity contribution in [3.63, 3.8) is 0 Å². The molecule has 1 aliphatic rings. The van der Waals surface area contributed by atoms with Crippen molar-refractivity contribution in [1.82, 2.24) is 14.5 Å². The molecule has 3 nitrogen and oxygen atoms in total. The van der Waals surface area contributed by atoms with Gasteiger partial charge in [-0.3, -0.25) is 4.57 Å². The van der Waals surface area contributed by atoms with Gasteiger partial charge >= 0.3 is 0 Å². The minimum Gasteiger partial charge on any atom is -0.278 e. The molecule has 0 N–H and O–H groups in total. The summed E-state index contributed by atoms with van der Waals surface area (Å²) in [6, 6.07) is 57.5. The molecule has 0 radical (unpaired) electrons. The van der Waals surface area contributed by atoms with Crippen molar-refractivity contribution in [3.8, 4) is 28.5 Å². The van der Waals surface area contributed by atoms with Crippen LogP contribution in [0.5, 0.6) is 0 Å². The molecule has 0 amide bonds. The Morgan fingerprint density at radius 3 is 1.84 bits per heavy atom. The van der Waals surface area contributed by atoms with Gasteiger partial charge in [-0.15, -0.1) is 0 Å². The largest absolute Gasteiger partial charge is 0.278 e.